The summed E-state index contributed by atoms with van der Waals surface area (Å²) in [6.45, 7) is 0. The Morgan fingerprint density at radius 2 is 2.07 bits per heavy atom. The second kappa shape index (κ2) is 4.02. The Morgan fingerprint density at radius 1 is 1.36 bits per heavy atom. The van der Waals surface area contributed by atoms with Crippen molar-refractivity contribution in [1.29, 1.82) is 0 Å². The van der Waals surface area contributed by atoms with Crippen molar-refractivity contribution in [2.24, 2.45) is 0 Å². The molecule has 14 heavy (non-hydrogen) atoms. The molecule has 0 fully saturated rings. The molecule has 0 atom stereocenters. The van der Waals surface area contributed by atoms with Crippen molar-refractivity contribution < 1.29 is 9.90 Å². The van der Waals surface area contributed by atoms with Gasteiger partial charge in [0.05, 0.1) is 0 Å². The van der Waals surface area contributed by atoms with Crippen LogP contribution in [0.2, 0.25) is 0 Å². The van der Waals surface area contributed by atoms with Crippen LogP contribution in [-0.4, -0.2) is 16.1 Å². The van der Waals surface area contributed by atoms with E-state index in [0.717, 1.165) is 15.4 Å². The number of fused-ring (bicyclic) bond motifs is 1. The first-order chi connectivity index (χ1) is 6.16. The van der Waals surface area contributed by atoms with Gasteiger partial charge in [0, 0.05) is 15.4 Å². The number of benzene rings is 1. The Bertz CT molecular complexity index is 481. The number of hydrogen-bond donors (Lipinski definition) is 2. The van der Waals surface area contributed by atoms with Crippen molar-refractivity contribution in [3.8, 4) is 0 Å². The average Bonchev–Trinajstić information content (AvgIpc) is 2.46. The van der Waals surface area contributed by atoms with Gasteiger partial charge < -0.3 is 10.1 Å². The third kappa shape index (κ3) is 1.91. The molecule has 0 aliphatic carbocycles. The van der Waals surface area contributed by atoms with Crippen LogP contribution in [-0.2, 0) is 0 Å². The van der Waals surface area contributed by atoms with Gasteiger partial charge in [-0.3, -0.25) is 0 Å². The fourth-order valence-corrected chi connectivity index (χ4v) is 1.60. The number of hydrogen-bond acceptors (Lipinski definition) is 1. The van der Waals surface area contributed by atoms with E-state index in [0.29, 0.717) is 0 Å². The first-order valence-electron chi connectivity index (χ1n) is 3.68. The summed E-state index contributed by atoms with van der Waals surface area (Å²) in [5, 5.41) is 9.61. The molecule has 0 saturated carbocycles. The molecule has 0 aliphatic heterocycles. The molecule has 1 aromatic carbocycles. The summed E-state index contributed by atoms with van der Waals surface area (Å²) < 4.78 is 0.941. The minimum Gasteiger partial charge on any atom is -0.477 e. The van der Waals surface area contributed by atoms with Gasteiger partial charge in [0.1, 0.15) is 5.69 Å². The molecule has 1 aromatic heterocycles. The van der Waals surface area contributed by atoms with Gasteiger partial charge in [-0.1, -0.05) is 15.9 Å². The summed E-state index contributed by atoms with van der Waals surface area (Å²) in [5.74, 6) is -0.938. The van der Waals surface area contributed by atoms with E-state index in [1.54, 1.807) is 6.07 Å². The lowest BCUT2D eigenvalue weighted by Gasteiger charge is -1.89. The Balaban J connectivity index is 0.000000980. The fourth-order valence-electron chi connectivity index (χ4n) is 1.22. The summed E-state index contributed by atoms with van der Waals surface area (Å²) in [6.07, 6.45) is 0. The molecule has 0 radical (unpaired) electrons. The molecular formula is C9H7BrClNO2. The monoisotopic (exact) mass is 275 g/mol. The van der Waals surface area contributed by atoms with E-state index in [-0.39, 0.29) is 18.1 Å². The number of aromatic amines is 1. The van der Waals surface area contributed by atoms with E-state index in [1.807, 2.05) is 18.2 Å². The number of halogens is 2. The van der Waals surface area contributed by atoms with E-state index in [2.05, 4.69) is 20.9 Å². The highest BCUT2D eigenvalue weighted by molar-refractivity contribution is 9.10. The van der Waals surface area contributed by atoms with Crippen molar-refractivity contribution in [3.05, 3.63) is 34.4 Å². The molecule has 0 spiro atoms. The number of carboxylic acid groups (broad SMARTS) is 1. The van der Waals surface area contributed by atoms with E-state index >= 15 is 0 Å². The zero-order valence-corrected chi connectivity index (χ0v) is 9.35. The second-order valence-electron chi connectivity index (χ2n) is 2.72. The lowest BCUT2D eigenvalue weighted by atomic mass is 10.2. The Labute approximate surface area is 94.7 Å². The Hall–Kier alpha value is -1.00. The molecule has 0 unspecified atom stereocenters. The lowest BCUT2D eigenvalue weighted by molar-refractivity contribution is 0.0691. The molecule has 5 heteroatoms. The Kier molecular flexibility index (Phi) is 3.18. The lowest BCUT2D eigenvalue weighted by Crippen LogP contribution is -1.94. The molecule has 2 rings (SSSR count). The maximum Gasteiger partial charge on any atom is 0.352 e. The highest BCUT2D eigenvalue weighted by atomic mass is 79.9. The number of carbonyl (C=O) groups is 1. The number of aromatic nitrogens is 1. The molecule has 3 nitrogen and oxygen atoms in total. The van der Waals surface area contributed by atoms with Crippen LogP contribution in [0.25, 0.3) is 10.9 Å². The summed E-state index contributed by atoms with van der Waals surface area (Å²) in [6, 6.07) is 7.19. The zero-order chi connectivity index (χ0) is 9.42. The van der Waals surface area contributed by atoms with Crippen LogP contribution in [0.3, 0.4) is 0 Å². The smallest absolute Gasteiger partial charge is 0.352 e. The minimum absolute atomic E-state index is 0. The maximum absolute atomic E-state index is 10.6. The number of nitrogens with one attached hydrogen (secondary N) is 1. The van der Waals surface area contributed by atoms with Crippen molar-refractivity contribution in [3.63, 3.8) is 0 Å². The van der Waals surface area contributed by atoms with E-state index in [4.69, 9.17) is 5.11 Å². The third-order valence-electron chi connectivity index (χ3n) is 1.81. The van der Waals surface area contributed by atoms with Crippen LogP contribution < -0.4 is 0 Å². The fraction of sp³-hybridized carbons (Fsp3) is 0. The van der Waals surface area contributed by atoms with Gasteiger partial charge in [-0.15, -0.1) is 12.4 Å². The van der Waals surface area contributed by atoms with Crippen molar-refractivity contribution in [2.75, 3.05) is 0 Å². The molecule has 0 saturated heterocycles. The summed E-state index contributed by atoms with van der Waals surface area (Å²) >= 11 is 3.32. The van der Waals surface area contributed by atoms with Gasteiger partial charge in [0.2, 0.25) is 0 Å². The van der Waals surface area contributed by atoms with Gasteiger partial charge in [-0.05, 0) is 24.3 Å². The van der Waals surface area contributed by atoms with Crippen LogP contribution in [0.15, 0.2) is 28.7 Å². The molecular weight excluding hydrogens is 269 g/mol. The molecule has 0 amide bonds. The van der Waals surface area contributed by atoms with E-state index in [9.17, 15) is 4.79 Å². The van der Waals surface area contributed by atoms with E-state index in [1.165, 1.54) is 0 Å². The van der Waals surface area contributed by atoms with Crippen LogP contribution in [0.4, 0.5) is 0 Å². The first kappa shape index (κ1) is 11.1. The molecule has 0 aliphatic rings. The number of aromatic carboxylic acids is 1. The van der Waals surface area contributed by atoms with Crippen molar-refractivity contribution in [1.82, 2.24) is 4.98 Å². The molecule has 74 valence electrons. The largest absolute Gasteiger partial charge is 0.477 e. The van der Waals surface area contributed by atoms with Crippen LogP contribution in [0.1, 0.15) is 10.5 Å². The normalized spacial score (nSPS) is 9.79. The quantitative estimate of drug-likeness (QED) is 0.841. The summed E-state index contributed by atoms with van der Waals surface area (Å²) in [4.78, 5) is 13.4. The predicted molar refractivity (Wildman–Crippen MR) is 60.2 cm³/mol. The van der Waals surface area contributed by atoms with Crippen LogP contribution in [0.5, 0.6) is 0 Å². The highest BCUT2D eigenvalue weighted by Gasteiger charge is 2.06. The molecule has 0 bridgehead atoms. The maximum atomic E-state index is 10.6. The molecule has 2 aromatic rings. The summed E-state index contributed by atoms with van der Waals surface area (Å²) in [7, 11) is 0. The first-order valence-corrected chi connectivity index (χ1v) is 4.48. The SMILES string of the molecule is Cl.O=C(O)c1cc2cc(Br)ccc2[nH]1. The van der Waals surface area contributed by atoms with Crippen LogP contribution in [0, 0.1) is 0 Å². The molecule has 2 N–H and O–H groups in total. The summed E-state index contributed by atoms with van der Waals surface area (Å²) in [5.41, 5.74) is 1.05. The number of H-pyrrole nitrogens is 1. The second-order valence-corrected chi connectivity index (χ2v) is 3.64. The topological polar surface area (TPSA) is 53.1 Å². The minimum atomic E-state index is -0.938. The predicted octanol–water partition coefficient (Wildman–Crippen LogP) is 3.05. The van der Waals surface area contributed by atoms with Crippen molar-refractivity contribution >= 4 is 45.2 Å². The Morgan fingerprint density at radius 3 is 2.71 bits per heavy atom. The van der Waals surface area contributed by atoms with Gasteiger partial charge >= 0.3 is 5.97 Å². The highest BCUT2D eigenvalue weighted by Crippen LogP contribution is 2.20. The zero-order valence-electron chi connectivity index (χ0n) is 6.95. The number of carboxylic acids is 1. The molecule has 1 heterocycles. The van der Waals surface area contributed by atoms with Gasteiger partial charge in [0.15, 0.2) is 0 Å². The standard InChI is InChI=1S/C9H6BrNO2.ClH/c10-6-1-2-7-5(3-6)4-8(11-7)9(12)13;/h1-4,11H,(H,12,13);1H. The third-order valence-corrected chi connectivity index (χ3v) is 2.31. The van der Waals surface area contributed by atoms with Gasteiger partial charge in [-0.25, -0.2) is 4.79 Å². The average molecular weight is 277 g/mol. The van der Waals surface area contributed by atoms with E-state index < -0.39 is 5.97 Å². The van der Waals surface area contributed by atoms with Crippen LogP contribution >= 0.6 is 28.3 Å². The van der Waals surface area contributed by atoms with Crippen molar-refractivity contribution in [2.45, 2.75) is 0 Å². The van der Waals surface area contributed by atoms with Gasteiger partial charge in [-0.2, -0.15) is 0 Å². The van der Waals surface area contributed by atoms with Gasteiger partial charge in [0.25, 0.3) is 0 Å². The number of rotatable bonds is 1.